The van der Waals surface area contributed by atoms with E-state index in [2.05, 4.69) is 21.0 Å². The molecule has 14 heteroatoms. The molecule has 0 saturated heterocycles. The lowest BCUT2D eigenvalue weighted by atomic mass is 9.95. The van der Waals surface area contributed by atoms with Gasteiger partial charge in [0, 0.05) is 30.2 Å². The Bertz CT molecular complexity index is 1870. The molecule has 192 valence electrons. The topological polar surface area (TPSA) is 136 Å². The fraction of sp³-hybridized carbons (Fsp3) is 0.304. The van der Waals surface area contributed by atoms with Crippen LogP contribution in [0.4, 0.5) is 13.2 Å². The van der Waals surface area contributed by atoms with Crippen LogP contribution in [0.25, 0.3) is 33.5 Å². The number of aromatic nitrogens is 4. The number of nitriles is 1. The molecule has 3 aromatic heterocycles. The zero-order chi connectivity index (χ0) is 27.0. The molecule has 1 fully saturated rings. The molecule has 0 unspecified atom stereocenters. The van der Waals surface area contributed by atoms with Crippen LogP contribution >= 0.6 is 0 Å². The zero-order valence-electron chi connectivity index (χ0n) is 19.4. The predicted molar refractivity (Wildman–Crippen MR) is 127 cm³/mol. The molecule has 0 amide bonds. The van der Waals surface area contributed by atoms with Crippen molar-refractivity contribution >= 4 is 41.6 Å². The molecule has 37 heavy (non-hydrogen) atoms. The van der Waals surface area contributed by atoms with Gasteiger partial charge in [0.25, 0.3) is 9.84 Å². The van der Waals surface area contributed by atoms with E-state index in [0.29, 0.717) is 29.8 Å². The first kappa shape index (κ1) is 25.1. The summed E-state index contributed by atoms with van der Waals surface area (Å²) in [6.45, 7) is 1.46. The SMILES string of the molecule is CCS(=O)(=O)c1c(-c2nc3cc(S(=O)(=O)C(F)(F)F)cnc3n2C)ncc2cc(C3(C#N)CC3)ccc12. The van der Waals surface area contributed by atoms with Gasteiger partial charge in [-0.3, -0.25) is 4.98 Å². The van der Waals surface area contributed by atoms with Gasteiger partial charge in [0.15, 0.2) is 21.3 Å². The summed E-state index contributed by atoms with van der Waals surface area (Å²) in [5, 5.41) is 10.4. The highest BCUT2D eigenvalue weighted by Gasteiger charge is 2.47. The zero-order valence-corrected chi connectivity index (χ0v) is 21.0. The Morgan fingerprint density at radius 3 is 2.41 bits per heavy atom. The van der Waals surface area contributed by atoms with Crippen LogP contribution < -0.4 is 0 Å². The van der Waals surface area contributed by atoms with Crippen LogP contribution in [0.3, 0.4) is 0 Å². The van der Waals surface area contributed by atoms with Gasteiger partial charge in [-0.2, -0.15) is 18.4 Å². The van der Waals surface area contributed by atoms with E-state index in [9.17, 15) is 35.3 Å². The number of sulfone groups is 2. The summed E-state index contributed by atoms with van der Waals surface area (Å²) >= 11 is 0. The quantitative estimate of drug-likeness (QED) is 0.367. The summed E-state index contributed by atoms with van der Waals surface area (Å²) in [4.78, 5) is 11.2. The maximum atomic E-state index is 13.2. The fourth-order valence-corrected chi connectivity index (χ4v) is 6.23. The second-order valence-corrected chi connectivity index (χ2v) is 12.9. The number of nitrogens with zero attached hydrogens (tertiary/aromatic N) is 5. The molecule has 1 aliphatic rings. The van der Waals surface area contributed by atoms with Crippen LogP contribution in [0.15, 0.2) is 46.5 Å². The van der Waals surface area contributed by atoms with Crippen molar-refractivity contribution in [2.24, 2.45) is 7.05 Å². The molecule has 3 heterocycles. The van der Waals surface area contributed by atoms with Gasteiger partial charge in [0.05, 0.1) is 22.1 Å². The number of halogens is 3. The van der Waals surface area contributed by atoms with Gasteiger partial charge in [-0.25, -0.2) is 26.8 Å². The summed E-state index contributed by atoms with van der Waals surface area (Å²) in [7, 11) is -8.08. The van der Waals surface area contributed by atoms with Crippen molar-refractivity contribution in [3.05, 3.63) is 42.2 Å². The van der Waals surface area contributed by atoms with Gasteiger partial charge in [-0.05, 0) is 30.5 Å². The molecule has 4 aromatic rings. The standard InChI is InChI=1S/C23H18F3N5O4S2/c1-3-36(32,33)19-16-5-4-14(22(12-27)6-7-22)8-13(16)10-28-18(19)21-30-17-9-15(11-29-20(17)31(21)2)37(34,35)23(24,25)26/h4-5,8-11H,3,6-7H2,1-2H3. The van der Waals surface area contributed by atoms with Crippen molar-refractivity contribution in [3.8, 4) is 17.6 Å². The van der Waals surface area contributed by atoms with Gasteiger partial charge < -0.3 is 4.57 Å². The first-order valence-corrected chi connectivity index (χ1v) is 14.1. The first-order chi connectivity index (χ1) is 17.3. The summed E-state index contributed by atoms with van der Waals surface area (Å²) in [6, 6.07) is 8.11. The predicted octanol–water partition coefficient (Wildman–Crippen LogP) is 3.83. The minimum atomic E-state index is -5.66. The highest BCUT2D eigenvalue weighted by Crippen LogP contribution is 2.48. The third-order valence-corrected chi connectivity index (χ3v) is 9.81. The monoisotopic (exact) mass is 549 g/mol. The maximum absolute atomic E-state index is 13.2. The molecule has 0 atom stereocenters. The Labute approximate surface area is 209 Å². The lowest BCUT2D eigenvalue weighted by Gasteiger charge is -2.14. The number of benzene rings is 1. The number of fused-ring (bicyclic) bond motifs is 2. The van der Waals surface area contributed by atoms with Crippen LogP contribution in [0.1, 0.15) is 25.3 Å². The minimum absolute atomic E-state index is 0.0160. The second-order valence-electron chi connectivity index (χ2n) is 8.79. The van der Waals surface area contributed by atoms with E-state index < -0.39 is 35.5 Å². The van der Waals surface area contributed by atoms with Crippen LogP contribution in [0, 0.1) is 11.3 Å². The Morgan fingerprint density at radius 1 is 1.11 bits per heavy atom. The third kappa shape index (κ3) is 3.75. The van der Waals surface area contributed by atoms with E-state index in [4.69, 9.17) is 0 Å². The molecule has 5 rings (SSSR count). The van der Waals surface area contributed by atoms with Gasteiger partial charge in [-0.1, -0.05) is 19.1 Å². The number of rotatable bonds is 5. The number of alkyl halides is 3. The average Bonchev–Trinajstić information content (AvgIpc) is 3.59. The molecule has 1 aromatic carbocycles. The van der Waals surface area contributed by atoms with Gasteiger partial charge in [0.2, 0.25) is 0 Å². The molecule has 9 nitrogen and oxygen atoms in total. The average molecular weight is 550 g/mol. The molecule has 0 aliphatic heterocycles. The third-order valence-electron chi connectivity index (χ3n) is 6.56. The molecule has 0 N–H and O–H groups in total. The van der Waals surface area contributed by atoms with Crippen LogP contribution in [0.2, 0.25) is 0 Å². The van der Waals surface area contributed by atoms with Crippen LogP contribution in [-0.4, -0.2) is 47.6 Å². The number of imidazole rings is 1. The maximum Gasteiger partial charge on any atom is 0.501 e. The van der Waals surface area contributed by atoms with Crippen molar-refractivity contribution in [2.75, 3.05) is 5.75 Å². The summed E-state index contributed by atoms with van der Waals surface area (Å²) in [6.07, 6.45) is 3.44. The van der Waals surface area contributed by atoms with E-state index in [1.165, 1.54) is 24.7 Å². The van der Waals surface area contributed by atoms with Crippen molar-refractivity contribution in [1.29, 1.82) is 5.26 Å². The largest absolute Gasteiger partial charge is 0.501 e. The van der Waals surface area contributed by atoms with E-state index in [-0.39, 0.29) is 33.3 Å². The Kier molecular flexibility index (Phi) is 5.40. The molecule has 1 aliphatic carbocycles. The van der Waals surface area contributed by atoms with Gasteiger partial charge >= 0.3 is 5.51 Å². The van der Waals surface area contributed by atoms with Crippen molar-refractivity contribution < 1.29 is 30.0 Å². The van der Waals surface area contributed by atoms with Gasteiger partial charge in [-0.15, -0.1) is 0 Å². The lowest BCUT2D eigenvalue weighted by Crippen LogP contribution is -2.23. The summed E-state index contributed by atoms with van der Waals surface area (Å²) in [5.74, 6) is -0.279. The Morgan fingerprint density at radius 2 is 1.81 bits per heavy atom. The van der Waals surface area contributed by atoms with Crippen molar-refractivity contribution in [3.63, 3.8) is 0 Å². The highest BCUT2D eigenvalue weighted by atomic mass is 32.2. The molecule has 0 bridgehead atoms. The summed E-state index contributed by atoms with van der Waals surface area (Å²) in [5.41, 5.74) is -5.53. The normalized spacial score (nSPS) is 15.7. The number of hydrogen-bond acceptors (Lipinski definition) is 8. The lowest BCUT2D eigenvalue weighted by molar-refractivity contribution is -0.0436. The Balaban J connectivity index is 1.75. The molecule has 1 saturated carbocycles. The van der Waals surface area contributed by atoms with Crippen molar-refractivity contribution in [2.45, 2.75) is 40.5 Å². The minimum Gasteiger partial charge on any atom is -0.310 e. The molecular weight excluding hydrogens is 531 g/mol. The highest BCUT2D eigenvalue weighted by molar-refractivity contribution is 7.92. The second kappa shape index (κ2) is 7.96. The van der Waals surface area contributed by atoms with Crippen LogP contribution in [0.5, 0.6) is 0 Å². The van der Waals surface area contributed by atoms with Gasteiger partial charge in [0.1, 0.15) is 16.1 Å². The van der Waals surface area contributed by atoms with E-state index in [1.807, 2.05) is 0 Å². The van der Waals surface area contributed by atoms with Crippen molar-refractivity contribution in [1.82, 2.24) is 19.5 Å². The van der Waals surface area contributed by atoms with E-state index in [1.54, 1.807) is 18.2 Å². The molecule has 0 spiro atoms. The number of hydrogen-bond donors (Lipinski definition) is 0. The van der Waals surface area contributed by atoms with E-state index in [0.717, 1.165) is 11.6 Å². The van der Waals surface area contributed by atoms with Crippen LogP contribution in [-0.2, 0) is 32.1 Å². The number of aryl methyl sites for hydroxylation is 1. The summed E-state index contributed by atoms with van der Waals surface area (Å²) < 4.78 is 90.6. The first-order valence-electron chi connectivity index (χ1n) is 11.0. The molecular formula is C23H18F3N5O4S2. The van der Waals surface area contributed by atoms with E-state index >= 15 is 0 Å². The fourth-order valence-electron chi connectivity index (χ4n) is 4.25. The number of pyridine rings is 2. The molecule has 0 radical (unpaired) electrons. The Hall–Kier alpha value is -3.57. The smallest absolute Gasteiger partial charge is 0.310 e.